The van der Waals surface area contributed by atoms with Gasteiger partial charge < -0.3 is 5.32 Å². The van der Waals surface area contributed by atoms with Crippen molar-refractivity contribution in [3.63, 3.8) is 0 Å². The fraction of sp³-hybridized carbons (Fsp3) is 0.200. The van der Waals surface area contributed by atoms with Gasteiger partial charge in [-0.1, -0.05) is 0 Å². The number of anilines is 1. The standard InChI is InChI=1S/C15H14BrN5O4S/c1-20-14-12(13(16)19-20)15(23)21(8-17-14)7-11(22)18-9-3-5-10(6-4-9)26(2,24)25/h3-6,8H,7H2,1-2H3,(H,18,22). The first-order valence-corrected chi connectivity index (χ1v) is 10.0. The molecule has 0 fully saturated rings. The lowest BCUT2D eigenvalue weighted by Crippen LogP contribution is -2.28. The maximum Gasteiger partial charge on any atom is 0.266 e. The summed E-state index contributed by atoms with van der Waals surface area (Å²) in [6, 6.07) is 5.77. The number of nitrogens with zero attached hydrogens (tertiary/aromatic N) is 4. The van der Waals surface area contributed by atoms with E-state index in [4.69, 9.17) is 0 Å². The number of aromatic nitrogens is 4. The van der Waals surface area contributed by atoms with Gasteiger partial charge in [-0.15, -0.1) is 0 Å². The lowest BCUT2D eigenvalue weighted by molar-refractivity contribution is -0.116. The Kier molecular flexibility index (Phi) is 4.67. The largest absolute Gasteiger partial charge is 0.325 e. The summed E-state index contributed by atoms with van der Waals surface area (Å²) in [4.78, 5) is 29.0. The summed E-state index contributed by atoms with van der Waals surface area (Å²) < 4.78 is 25.9. The number of aryl methyl sites for hydroxylation is 1. The molecule has 0 saturated heterocycles. The maximum absolute atomic E-state index is 12.5. The highest BCUT2D eigenvalue weighted by molar-refractivity contribution is 9.10. The van der Waals surface area contributed by atoms with Crippen molar-refractivity contribution in [2.75, 3.05) is 11.6 Å². The molecular formula is C15H14BrN5O4S. The summed E-state index contributed by atoms with van der Waals surface area (Å²) in [5.41, 5.74) is 0.444. The van der Waals surface area contributed by atoms with E-state index in [1.165, 1.54) is 39.8 Å². The van der Waals surface area contributed by atoms with Crippen molar-refractivity contribution in [1.29, 1.82) is 0 Å². The van der Waals surface area contributed by atoms with Gasteiger partial charge in [0.05, 0.1) is 4.90 Å². The quantitative estimate of drug-likeness (QED) is 0.646. The molecule has 136 valence electrons. The molecule has 2 heterocycles. The molecule has 26 heavy (non-hydrogen) atoms. The van der Waals surface area contributed by atoms with Crippen LogP contribution in [0, 0.1) is 0 Å². The van der Waals surface area contributed by atoms with Crippen LogP contribution in [-0.4, -0.2) is 39.9 Å². The molecule has 0 unspecified atom stereocenters. The molecule has 3 aromatic rings. The molecule has 1 amide bonds. The van der Waals surface area contributed by atoms with Gasteiger partial charge in [0.15, 0.2) is 15.5 Å². The van der Waals surface area contributed by atoms with Gasteiger partial charge in [0, 0.05) is 19.0 Å². The molecule has 0 spiro atoms. The minimum absolute atomic E-state index is 0.155. The molecule has 0 saturated carbocycles. The molecule has 0 radical (unpaired) electrons. The lowest BCUT2D eigenvalue weighted by Gasteiger charge is -2.08. The molecular weight excluding hydrogens is 426 g/mol. The Morgan fingerprint density at radius 1 is 1.27 bits per heavy atom. The molecule has 11 heteroatoms. The first-order valence-electron chi connectivity index (χ1n) is 7.34. The van der Waals surface area contributed by atoms with E-state index in [1.807, 2.05) is 0 Å². The Bertz CT molecular complexity index is 1170. The number of benzene rings is 1. The second-order valence-corrected chi connectivity index (χ2v) is 8.40. The Balaban J connectivity index is 1.80. The van der Waals surface area contributed by atoms with Crippen LogP contribution >= 0.6 is 15.9 Å². The summed E-state index contributed by atoms with van der Waals surface area (Å²) in [5.74, 6) is -0.444. The molecule has 1 aromatic carbocycles. The monoisotopic (exact) mass is 439 g/mol. The SMILES string of the molecule is Cn1nc(Br)c2c(=O)n(CC(=O)Nc3ccc(S(C)(=O)=O)cc3)cnc21. The minimum Gasteiger partial charge on any atom is -0.325 e. The third-order valence-corrected chi connectivity index (χ3v) is 5.33. The van der Waals surface area contributed by atoms with Crippen molar-refractivity contribution in [3.8, 4) is 0 Å². The van der Waals surface area contributed by atoms with Gasteiger partial charge in [0.2, 0.25) is 5.91 Å². The van der Waals surface area contributed by atoms with Gasteiger partial charge in [-0.25, -0.2) is 18.1 Å². The van der Waals surface area contributed by atoms with Gasteiger partial charge in [-0.3, -0.25) is 14.2 Å². The van der Waals surface area contributed by atoms with Crippen LogP contribution < -0.4 is 10.9 Å². The minimum atomic E-state index is -3.30. The Hall–Kier alpha value is -2.53. The lowest BCUT2D eigenvalue weighted by atomic mass is 10.3. The van der Waals surface area contributed by atoms with E-state index >= 15 is 0 Å². The van der Waals surface area contributed by atoms with Crippen molar-refractivity contribution < 1.29 is 13.2 Å². The van der Waals surface area contributed by atoms with Crippen molar-refractivity contribution in [2.45, 2.75) is 11.4 Å². The molecule has 0 aliphatic carbocycles. The summed E-state index contributed by atoms with van der Waals surface area (Å²) >= 11 is 3.21. The van der Waals surface area contributed by atoms with Gasteiger partial charge in [-0.2, -0.15) is 5.10 Å². The van der Waals surface area contributed by atoms with E-state index < -0.39 is 21.3 Å². The second kappa shape index (κ2) is 6.65. The predicted octanol–water partition coefficient (Wildman–Crippen LogP) is 0.935. The van der Waals surface area contributed by atoms with Gasteiger partial charge in [0.25, 0.3) is 5.56 Å². The number of amides is 1. The van der Waals surface area contributed by atoms with Gasteiger partial charge >= 0.3 is 0 Å². The van der Waals surface area contributed by atoms with Crippen molar-refractivity contribution in [1.82, 2.24) is 19.3 Å². The van der Waals surface area contributed by atoms with E-state index in [2.05, 4.69) is 31.3 Å². The Morgan fingerprint density at radius 2 is 1.92 bits per heavy atom. The maximum atomic E-state index is 12.5. The topological polar surface area (TPSA) is 116 Å². The number of hydrogen-bond acceptors (Lipinski definition) is 6. The Morgan fingerprint density at radius 3 is 2.54 bits per heavy atom. The van der Waals surface area contributed by atoms with Crippen LogP contribution in [0.15, 0.2) is 44.9 Å². The number of carbonyl (C=O) groups excluding carboxylic acids is 1. The van der Waals surface area contributed by atoms with Crippen molar-refractivity contribution >= 4 is 48.4 Å². The molecule has 9 nitrogen and oxygen atoms in total. The number of carbonyl (C=O) groups is 1. The molecule has 0 aliphatic heterocycles. The molecule has 1 N–H and O–H groups in total. The highest BCUT2D eigenvalue weighted by atomic mass is 79.9. The Labute approximate surface area is 156 Å². The van der Waals surface area contributed by atoms with Crippen LogP contribution in [0.3, 0.4) is 0 Å². The number of rotatable bonds is 4. The molecule has 2 aromatic heterocycles. The molecule has 0 bridgehead atoms. The summed E-state index contributed by atoms with van der Waals surface area (Å²) in [5, 5.41) is 6.98. The second-order valence-electron chi connectivity index (χ2n) is 5.64. The van der Waals surface area contributed by atoms with Crippen LogP contribution in [-0.2, 0) is 28.2 Å². The van der Waals surface area contributed by atoms with E-state index in [9.17, 15) is 18.0 Å². The van der Waals surface area contributed by atoms with Crippen molar-refractivity contribution in [3.05, 3.63) is 45.5 Å². The zero-order chi connectivity index (χ0) is 19.1. The van der Waals surface area contributed by atoms with Crippen LogP contribution in [0.1, 0.15) is 0 Å². The number of sulfone groups is 1. The fourth-order valence-corrected chi connectivity index (χ4v) is 3.60. The summed E-state index contributed by atoms with van der Waals surface area (Å²) in [7, 11) is -1.64. The molecule has 0 atom stereocenters. The third kappa shape index (κ3) is 3.53. The predicted molar refractivity (Wildman–Crippen MR) is 98.7 cm³/mol. The molecule has 3 rings (SSSR count). The normalized spacial score (nSPS) is 11.7. The fourth-order valence-electron chi connectivity index (χ4n) is 2.39. The number of nitrogens with one attached hydrogen (secondary N) is 1. The van der Waals surface area contributed by atoms with Crippen LogP contribution in [0.5, 0.6) is 0 Å². The average molecular weight is 440 g/mol. The van der Waals surface area contributed by atoms with E-state index in [0.29, 0.717) is 21.3 Å². The van der Waals surface area contributed by atoms with Crippen LogP contribution in [0.25, 0.3) is 11.0 Å². The summed E-state index contributed by atoms with van der Waals surface area (Å²) in [6.45, 7) is -0.239. The number of hydrogen-bond donors (Lipinski definition) is 1. The van der Waals surface area contributed by atoms with Gasteiger partial charge in [-0.05, 0) is 40.2 Å². The van der Waals surface area contributed by atoms with E-state index in [1.54, 1.807) is 7.05 Å². The van der Waals surface area contributed by atoms with E-state index in [-0.39, 0.29) is 11.4 Å². The van der Waals surface area contributed by atoms with E-state index in [0.717, 1.165) is 6.26 Å². The number of halogens is 1. The number of fused-ring (bicyclic) bond motifs is 1. The third-order valence-electron chi connectivity index (χ3n) is 3.65. The summed E-state index contributed by atoms with van der Waals surface area (Å²) in [6.07, 6.45) is 2.39. The zero-order valence-corrected chi connectivity index (χ0v) is 16.2. The zero-order valence-electron chi connectivity index (χ0n) is 13.8. The molecule has 0 aliphatic rings. The smallest absolute Gasteiger partial charge is 0.266 e. The highest BCUT2D eigenvalue weighted by Gasteiger charge is 2.15. The van der Waals surface area contributed by atoms with Crippen LogP contribution in [0.2, 0.25) is 0 Å². The van der Waals surface area contributed by atoms with Gasteiger partial charge in [0.1, 0.15) is 22.9 Å². The van der Waals surface area contributed by atoms with Crippen LogP contribution in [0.4, 0.5) is 5.69 Å². The first-order chi connectivity index (χ1) is 12.2. The van der Waals surface area contributed by atoms with Crippen molar-refractivity contribution in [2.24, 2.45) is 7.05 Å². The first kappa shape index (κ1) is 18.3. The highest BCUT2D eigenvalue weighted by Crippen LogP contribution is 2.17. The average Bonchev–Trinajstić information content (AvgIpc) is 2.84.